The minimum atomic E-state index is -1.18. The van der Waals surface area contributed by atoms with Gasteiger partial charge in [-0.05, 0) is 70.5 Å². The van der Waals surface area contributed by atoms with Gasteiger partial charge in [-0.1, -0.05) is 72.3 Å². The van der Waals surface area contributed by atoms with Crippen LogP contribution < -0.4 is 20.1 Å². The van der Waals surface area contributed by atoms with Crippen molar-refractivity contribution in [2.75, 3.05) is 32.8 Å². The Morgan fingerprint density at radius 3 is 2.33 bits per heavy atom. The van der Waals surface area contributed by atoms with E-state index in [0.29, 0.717) is 38.6 Å². The highest BCUT2D eigenvalue weighted by molar-refractivity contribution is 6.32. The van der Waals surface area contributed by atoms with Gasteiger partial charge in [0, 0.05) is 74.3 Å². The summed E-state index contributed by atoms with van der Waals surface area (Å²) >= 11 is 6.74. The van der Waals surface area contributed by atoms with E-state index < -0.39 is 18.6 Å². The van der Waals surface area contributed by atoms with Crippen LogP contribution in [0, 0.1) is 30.6 Å². The summed E-state index contributed by atoms with van der Waals surface area (Å²) in [6.07, 6.45) is 3.08. The highest BCUT2D eigenvalue weighted by Crippen LogP contribution is 2.38. The number of aliphatic hydroxyl groups is 1. The zero-order valence-corrected chi connectivity index (χ0v) is 31.7. The van der Waals surface area contributed by atoms with Gasteiger partial charge in [-0.15, -0.1) is 0 Å². The number of benzene rings is 4. The number of pyridine rings is 1. The minimum absolute atomic E-state index is 0.0598. The number of aliphatic hydroxyl groups excluding tert-OH is 1. The van der Waals surface area contributed by atoms with Crippen molar-refractivity contribution in [3.63, 3.8) is 0 Å². The van der Waals surface area contributed by atoms with E-state index in [4.69, 9.17) is 21.1 Å². The molecule has 0 radical (unpaired) electrons. The Hall–Kier alpha value is -5.28. The molecule has 2 aliphatic rings. The van der Waals surface area contributed by atoms with E-state index in [9.17, 15) is 20.3 Å². The summed E-state index contributed by atoms with van der Waals surface area (Å²) in [6, 6.07) is 27.6. The van der Waals surface area contributed by atoms with Gasteiger partial charge in [-0.25, -0.2) is 0 Å². The first-order valence-electron chi connectivity index (χ1n) is 18.4. The van der Waals surface area contributed by atoms with E-state index in [1.165, 1.54) is 41.5 Å². The molecule has 0 bridgehead atoms. The van der Waals surface area contributed by atoms with Crippen LogP contribution in [0.2, 0.25) is 5.02 Å². The van der Waals surface area contributed by atoms with Crippen LogP contribution in [0.4, 0.5) is 0 Å². The van der Waals surface area contributed by atoms with E-state index in [1.54, 1.807) is 24.4 Å². The molecule has 4 aromatic carbocycles. The van der Waals surface area contributed by atoms with E-state index in [2.05, 4.69) is 89.0 Å². The van der Waals surface area contributed by atoms with Crippen LogP contribution in [0.15, 0.2) is 91.3 Å². The zero-order valence-electron chi connectivity index (χ0n) is 30.9. The fourth-order valence-electron chi connectivity index (χ4n) is 7.50. The zero-order chi connectivity index (χ0) is 38.5. The molecule has 0 aliphatic carbocycles. The molecule has 282 valence electrons. The first-order chi connectivity index (χ1) is 26.6. The first kappa shape index (κ1) is 38.0. The SMILES string of the molecule is Cc1c(COc2cc(OCc3cncc(C#N)c3)c(CNC(CO)C(=O)O)cc2Cl)cccc1-c1cccc(-c2ccc(CN3CC4(CNC4)C3)cc2)c1C. The summed E-state index contributed by atoms with van der Waals surface area (Å²) < 4.78 is 12.5. The number of nitriles is 1. The summed E-state index contributed by atoms with van der Waals surface area (Å²) in [5.41, 5.74) is 11.5. The number of hydrogen-bond donors (Lipinski definition) is 4. The Balaban J connectivity index is 1.08. The van der Waals surface area contributed by atoms with Crippen molar-refractivity contribution in [1.82, 2.24) is 20.5 Å². The molecule has 2 saturated heterocycles. The van der Waals surface area contributed by atoms with Crippen LogP contribution in [-0.4, -0.2) is 64.9 Å². The van der Waals surface area contributed by atoms with Gasteiger partial charge in [0.05, 0.1) is 17.2 Å². The van der Waals surface area contributed by atoms with Gasteiger partial charge in [0.25, 0.3) is 0 Å². The summed E-state index contributed by atoms with van der Waals surface area (Å²) in [4.78, 5) is 18.2. The van der Waals surface area contributed by atoms with Gasteiger partial charge in [-0.2, -0.15) is 5.26 Å². The quantitative estimate of drug-likeness (QED) is 0.0918. The molecule has 2 fully saturated rings. The standard InChI is InChI=1S/C44H44ClN5O5/c1-28-34(23-55-42-15-41(54-22-32-13-31(16-46)17-47-18-32)35(14-39(42)45)19-49-40(21-51)43(52)53)5-3-7-37(28)38-8-4-6-36(29(38)2)33-11-9-30(10-12-33)20-50-26-44(27-50)24-48-25-44/h3-15,17-18,40,48-49,51H,19-27H2,1-2H3,(H,52,53). The molecule has 4 N–H and O–H groups in total. The molecule has 0 saturated carbocycles. The van der Waals surface area contributed by atoms with Crippen molar-refractivity contribution in [2.24, 2.45) is 5.41 Å². The van der Waals surface area contributed by atoms with Crippen molar-refractivity contribution in [3.05, 3.63) is 135 Å². The molecular formula is C44H44ClN5O5. The molecule has 5 aromatic rings. The van der Waals surface area contributed by atoms with E-state index in [-0.39, 0.29) is 19.8 Å². The lowest BCUT2D eigenvalue weighted by molar-refractivity contribution is -0.140. The van der Waals surface area contributed by atoms with Crippen molar-refractivity contribution >= 4 is 17.6 Å². The van der Waals surface area contributed by atoms with Crippen molar-refractivity contribution in [1.29, 1.82) is 5.26 Å². The molecular weight excluding hydrogens is 714 g/mol. The van der Waals surface area contributed by atoms with Crippen LogP contribution in [0.5, 0.6) is 11.5 Å². The highest BCUT2D eigenvalue weighted by atomic mass is 35.5. The first-order valence-corrected chi connectivity index (χ1v) is 18.7. The number of aliphatic carboxylic acids is 1. The van der Waals surface area contributed by atoms with Gasteiger partial charge >= 0.3 is 5.97 Å². The average molecular weight is 758 g/mol. The number of rotatable bonds is 15. The second-order valence-corrected chi connectivity index (χ2v) is 15.0. The lowest BCUT2D eigenvalue weighted by Gasteiger charge is -2.56. The number of likely N-dealkylation sites (tertiary alicyclic amines) is 1. The van der Waals surface area contributed by atoms with E-state index in [0.717, 1.165) is 41.9 Å². The second kappa shape index (κ2) is 16.6. The molecule has 1 spiro atoms. The van der Waals surface area contributed by atoms with Crippen LogP contribution in [-0.2, 0) is 31.1 Å². The van der Waals surface area contributed by atoms with Gasteiger partial charge in [0.15, 0.2) is 0 Å². The van der Waals surface area contributed by atoms with Crippen LogP contribution in [0.25, 0.3) is 22.3 Å². The molecule has 1 unspecified atom stereocenters. The van der Waals surface area contributed by atoms with Gasteiger partial charge in [0.2, 0.25) is 0 Å². The third-order valence-electron chi connectivity index (χ3n) is 10.7. The number of hydrogen-bond acceptors (Lipinski definition) is 9. The Morgan fingerprint density at radius 2 is 1.64 bits per heavy atom. The summed E-state index contributed by atoms with van der Waals surface area (Å²) in [5, 5.41) is 34.8. The lowest BCUT2D eigenvalue weighted by atomic mass is 9.74. The monoisotopic (exact) mass is 757 g/mol. The number of nitrogens with zero attached hydrogens (tertiary/aromatic N) is 3. The number of carbonyl (C=O) groups is 1. The average Bonchev–Trinajstić information content (AvgIpc) is 3.15. The van der Waals surface area contributed by atoms with Crippen molar-refractivity contribution in [3.8, 4) is 39.8 Å². The molecule has 1 aromatic heterocycles. The molecule has 0 amide bonds. The predicted molar refractivity (Wildman–Crippen MR) is 212 cm³/mol. The van der Waals surface area contributed by atoms with Gasteiger partial charge in [-0.3, -0.25) is 20.0 Å². The molecule has 7 rings (SSSR count). The largest absolute Gasteiger partial charge is 0.488 e. The Labute approximate surface area is 326 Å². The Bertz CT molecular complexity index is 2230. The van der Waals surface area contributed by atoms with Crippen molar-refractivity contribution < 1.29 is 24.5 Å². The number of ether oxygens (including phenoxy) is 2. The number of carboxylic acid groups (broad SMARTS) is 1. The summed E-state index contributed by atoms with van der Waals surface area (Å²) in [5.74, 6) is -0.384. The second-order valence-electron chi connectivity index (χ2n) is 14.6. The molecule has 3 heterocycles. The van der Waals surface area contributed by atoms with Crippen LogP contribution >= 0.6 is 11.6 Å². The molecule has 2 aliphatic heterocycles. The van der Waals surface area contributed by atoms with Crippen LogP contribution in [0.3, 0.4) is 0 Å². The normalized spacial score (nSPS) is 15.1. The highest BCUT2D eigenvalue weighted by Gasteiger charge is 2.47. The molecule has 55 heavy (non-hydrogen) atoms. The maximum atomic E-state index is 11.5. The minimum Gasteiger partial charge on any atom is -0.488 e. The molecule has 11 heteroatoms. The summed E-state index contributed by atoms with van der Waals surface area (Å²) in [7, 11) is 0. The predicted octanol–water partition coefficient (Wildman–Crippen LogP) is 6.66. The third-order valence-corrected chi connectivity index (χ3v) is 11.0. The Morgan fingerprint density at radius 1 is 0.927 bits per heavy atom. The van der Waals surface area contributed by atoms with E-state index >= 15 is 0 Å². The maximum Gasteiger partial charge on any atom is 0.323 e. The molecule has 1 atom stereocenters. The number of halogens is 1. The maximum absolute atomic E-state index is 11.5. The third kappa shape index (κ3) is 8.52. The van der Waals surface area contributed by atoms with Gasteiger partial charge in [0.1, 0.15) is 36.8 Å². The molecule has 10 nitrogen and oxygen atoms in total. The van der Waals surface area contributed by atoms with Crippen molar-refractivity contribution in [2.45, 2.75) is 46.2 Å². The van der Waals surface area contributed by atoms with Gasteiger partial charge < -0.3 is 25.0 Å². The summed E-state index contributed by atoms with van der Waals surface area (Å²) in [6.45, 7) is 9.74. The van der Waals surface area contributed by atoms with Crippen LogP contribution in [0.1, 0.15) is 38.9 Å². The lowest BCUT2D eigenvalue weighted by Crippen LogP contribution is -2.70. The fraction of sp³-hybridized carbons (Fsp3) is 0.295. The van der Waals surface area contributed by atoms with E-state index in [1.807, 2.05) is 12.1 Å². The smallest absolute Gasteiger partial charge is 0.323 e. The topological polar surface area (TPSA) is 140 Å². The number of nitrogens with one attached hydrogen (secondary N) is 2. The number of aromatic nitrogens is 1. The number of carboxylic acids is 1. The Kier molecular flexibility index (Phi) is 11.5. The fourth-order valence-corrected chi connectivity index (χ4v) is 7.74.